The highest BCUT2D eigenvalue weighted by atomic mass is 79.9. The molecule has 0 aliphatic rings. The third kappa shape index (κ3) is 3.33. The summed E-state index contributed by atoms with van der Waals surface area (Å²) >= 11 is 16.0. The third-order valence-electron chi connectivity index (χ3n) is 3.24. The minimum Gasteiger partial charge on any atom is -0.276 e. The molecule has 0 aliphatic carbocycles. The molecule has 0 atom stereocenters. The van der Waals surface area contributed by atoms with Crippen LogP contribution in [0.15, 0.2) is 41.0 Å². The Morgan fingerprint density at radius 3 is 2.53 bits per heavy atom. The number of halogens is 3. The van der Waals surface area contributed by atoms with Crippen molar-refractivity contribution in [3.63, 3.8) is 0 Å². The molecule has 5 heteroatoms. The molecule has 0 fully saturated rings. The number of hydrogen-bond donors (Lipinski definition) is 0. The molecule has 0 saturated carbocycles. The first-order valence-corrected chi connectivity index (χ1v) is 7.82. The molecule has 2 rings (SSSR count). The van der Waals surface area contributed by atoms with Crippen LogP contribution in [-0.2, 0) is 18.9 Å². The average molecular weight is 362 g/mol. The Hall–Kier alpha value is -0.510. The Labute approximate surface area is 131 Å². The van der Waals surface area contributed by atoms with Crippen molar-refractivity contribution >= 4 is 39.1 Å². The van der Waals surface area contributed by atoms with Crippen LogP contribution in [0.5, 0.6) is 0 Å². The highest BCUT2D eigenvalue weighted by Gasteiger charge is 2.32. The fourth-order valence-corrected chi connectivity index (χ4v) is 3.29. The summed E-state index contributed by atoms with van der Waals surface area (Å²) in [7, 11) is 1.91. The van der Waals surface area contributed by atoms with E-state index in [0.717, 1.165) is 22.2 Å². The van der Waals surface area contributed by atoms with Crippen molar-refractivity contribution in [2.75, 3.05) is 11.8 Å². The van der Waals surface area contributed by atoms with Gasteiger partial charge in [0, 0.05) is 41.3 Å². The molecule has 1 aromatic heterocycles. The molecule has 0 unspecified atom stereocenters. The van der Waals surface area contributed by atoms with Crippen molar-refractivity contribution in [1.29, 1.82) is 0 Å². The molecule has 19 heavy (non-hydrogen) atoms. The molecule has 0 spiro atoms. The molecule has 2 nitrogen and oxygen atoms in total. The number of aryl methyl sites for hydroxylation is 1. The van der Waals surface area contributed by atoms with Crippen LogP contribution in [0.3, 0.4) is 0 Å². The van der Waals surface area contributed by atoms with Gasteiger partial charge in [-0.3, -0.25) is 4.68 Å². The van der Waals surface area contributed by atoms with E-state index in [9.17, 15) is 0 Å². The Balaban J connectivity index is 2.37. The number of alkyl halides is 2. The predicted octanol–water partition coefficient (Wildman–Crippen LogP) is 4.14. The maximum absolute atomic E-state index is 6.23. The van der Waals surface area contributed by atoms with Gasteiger partial charge in [-0.05, 0) is 23.8 Å². The van der Waals surface area contributed by atoms with Gasteiger partial charge in [0.15, 0.2) is 0 Å². The summed E-state index contributed by atoms with van der Waals surface area (Å²) in [5.41, 5.74) is 1.85. The molecular weight excluding hydrogens is 347 g/mol. The van der Waals surface area contributed by atoms with Crippen LogP contribution in [0.1, 0.15) is 11.3 Å². The Kier molecular flexibility index (Phi) is 4.93. The van der Waals surface area contributed by atoms with E-state index in [2.05, 4.69) is 33.2 Å². The summed E-state index contributed by atoms with van der Waals surface area (Å²) in [5.74, 6) is 0.924. The van der Waals surface area contributed by atoms with Crippen molar-refractivity contribution in [1.82, 2.24) is 9.78 Å². The Morgan fingerprint density at radius 1 is 1.26 bits per heavy atom. The van der Waals surface area contributed by atoms with Gasteiger partial charge in [-0.1, -0.05) is 28.1 Å². The zero-order chi connectivity index (χ0) is 13.9. The summed E-state index contributed by atoms with van der Waals surface area (Å²) in [6.07, 6.45) is 2.67. The van der Waals surface area contributed by atoms with Gasteiger partial charge in [-0.25, -0.2) is 0 Å². The fourth-order valence-electron chi connectivity index (χ4n) is 2.11. The maximum atomic E-state index is 6.23. The predicted molar refractivity (Wildman–Crippen MR) is 84.2 cm³/mol. The number of benzene rings is 1. The molecule has 2 aromatic rings. The zero-order valence-corrected chi connectivity index (χ0v) is 13.7. The summed E-state index contributed by atoms with van der Waals surface area (Å²) in [5, 5.41) is 4.43. The lowest BCUT2D eigenvalue weighted by atomic mass is 9.80. The number of rotatable bonds is 5. The van der Waals surface area contributed by atoms with E-state index in [4.69, 9.17) is 23.2 Å². The van der Waals surface area contributed by atoms with E-state index in [-0.39, 0.29) is 5.41 Å². The first kappa shape index (κ1) is 14.9. The van der Waals surface area contributed by atoms with Crippen molar-refractivity contribution in [2.24, 2.45) is 7.05 Å². The van der Waals surface area contributed by atoms with Crippen LogP contribution in [-0.4, -0.2) is 21.5 Å². The summed E-state index contributed by atoms with van der Waals surface area (Å²) in [6, 6.07) is 10.2. The molecule has 0 amide bonds. The van der Waals surface area contributed by atoms with E-state index in [1.54, 1.807) is 4.68 Å². The quantitative estimate of drug-likeness (QED) is 0.732. The van der Waals surface area contributed by atoms with Crippen LogP contribution in [0, 0.1) is 0 Å². The third-order valence-corrected chi connectivity index (χ3v) is 4.75. The highest BCUT2D eigenvalue weighted by Crippen LogP contribution is 2.32. The van der Waals surface area contributed by atoms with Gasteiger partial charge in [0.1, 0.15) is 0 Å². The van der Waals surface area contributed by atoms with E-state index in [1.807, 2.05) is 31.4 Å². The van der Waals surface area contributed by atoms with Gasteiger partial charge in [0.25, 0.3) is 0 Å². The lowest BCUT2D eigenvalue weighted by molar-refractivity contribution is 0.523. The lowest BCUT2D eigenvalue weighted by Crippen LogP contribution is -2.33. The number of aromatic nitrogens is 2. The Bertz CT molecular complexity index is 550. The Morgan fingerprint density at radius 2 is 2.00 bits per heavy atom. The van der Waals surface area contributed by atoms with Crippen LogP contribution in [0.2, 0.25) is 0 Å². The largest absolute Gasteiger partial charge is 0.276 e. The molecule has 0 aliphatic heterocycles. The minimum absolute atomic E-state index is 0.290. The molecule has 1 heterocycles. The van der Waals surface area contributed by atoms with E-state index < -0.39 is 0 Å². The van der Waals surface area contributed by atoms with Crippen molar-refractivity contribution in [3.05, 3.63) is 52.3 Å². The van der Waals surface area contributed by atoms with Crippen LogP contribution in [0.25, 0.3) is 0 Å². The first-order valence-electron chi connectivity index (χ1n) is 5.96. The van der Waals surface area contributed by atoms with E-state index in [1.165, 1.54) is 0 Å². The summed E-state index contributed by atoms with van der Waals surface area (Å²) in [4.78, 5) is 0. The minimum atomic E-state index is -0.290. The first-order chi connectivity index (χ1) is 9.09. The topological polar surface area (TPSA) is 17.8 Å². The zero-order valence-electron chi connectivity index (χ0n) is 10.6. The van der Waals surface area contributed by atoms with Gasteiger partial charge >= 0.3 is 0 Å². The second-order valence-corrected chi connectivity index (χ2v) is 6.17. The van der Waals surface area contributed by atoms with Crippen LogP contribution in [0.4, 0.5) is 0 Å². The van der Waals surface area contributed by atoms with Crippen molar-refractivity contribution in [3.8, 4) is 0 Å². The fraction of sp³-hybridized carbons (Fsp3) is 0.357. The molecule has 0 saturated heterocycles. The molecule has 0 radical (unpaired) electrons. The lowest BCUT2D eigenvalue weighted by Gasteiger charge is -2.29. The van der Waals surface area contributed by atoms with Gasteiger partial charge in [-0.2, -0.15) is 5.10 Å². The molecule has 0 N–H and O–H groups in total. The molecular formula is C14H15BrCl2N2. The average Bonchev–Trinajstić information content (AvgIpc) is 2.81. The van der Waals surface area contributed by atoms with E-state index in [0.29, 0.717) is 11.8 Å². The number of hydrogen-bond acceptors (Lipinski definition) is 1. The molecule has 102 valence electrons. The SMILES string of the molecule is Cn1ccc(CC(CCl)(CCl)c2cccc(Br)c2)n1. The van der Waals surface area contributed by atoms with Gasteiger partial charge < -0.3 is 0 Å². The van der Waals surface area contributed by atoms with Gasteiger partial charge in [0.05, 0.1) is 5.69 Å². The standard InChI is InChI=1S/C14H15BrCl2N2/c1-19-6-5-13(18-19)8-14(9-16,10-17)11-3-2-4-12(15)7-11/h2-7H,8-10H2,1H3. The smallest absolute Gasteiger partial charge is 0.0634 e. The highest BCUT2D eigenvalue weighted by molar-refractivity contribution is 9.10. The van der Waals surface area contributed by atoms with Gasteiger partial charge in [0.2, 0.25) is 0 Å². The van der Waals surface area contributed by atoms with Gasteiger partial charge in [-0.15, -0.1) is 23.2 Å². The normalized spacial score (nSPS) is 11.8. The van der Waals surface area contributed by atoms with Crippen molar-refractivity contribution in [2.45, 2.75) is 11.8 Å². The second kappa shape index (κ2) is 6.29. The second-order valence-electron chi connectivity index (χ2n) is 4.72. The monoisotopic (exact) mass is 360 g/mol. The van der Waals surface area contributed by atoms with Crippen LogP contribution < -0.4 is 0 Å². The molecule has 1 aromatic carbocycles. The van der Waals surface area contributed by atoms with Crippen molar-refractivity contribution < 1.29 is 0 Å². The maximum Gasteiger partial charge on any atom is 0.0634 e. The van der Waals surface area contributed by atoms with E-state index >= 15 is 0 Å². The van der Waals surface area contributed by atoms with Crippen LogP contribution >= 0.6 is 39.1 Å². The molecule has 0 bridgehead atoms. The summed E-state index contributed by atoms with van der Waals surface area (Å²) in [6.45, 7) is 0. The summed E-state index contributed by atoms with van der Waals surface area (Å²) < 4.78 is 2.83. The number of nitrogens with zero attached hydrogens (tertiary/aromatic N) is 2.